The van der Waals surface area contributed by atoms with Gasteiger partial charge in [0.1, 0.15) is 11.5 Å². The van der Waals surface area contributed by atoms with E-state index in [1.54, 1.807) is 0 Å². The van der Waals surface area contributed by atoms with Gasteiger partial charge in [-0.15, -0.1) is 0 Å². The molecule has 3 atom stereocenters. The summed E-state index contributed by atoms with van der Waals surface area (Å²) in [5, 5.41) is 9.22. The second-order valence-corrected chi connectivity index (χ2v) is 5.81. The van der Waals surface area contributed by atoms with Gasteiger partial charge in [-0.25, -0.2) is 0 Å². The predicted molar refractivity (Wildman–Crippen MR) is 91.2 cm³/mol. The van der Waals surface area contributed by atoms with Gasteiger partial charge < -0.3 is 20.3 Å². The molecule has 5 heteroatoms. The van der Waals surface area contributed by atoms with Gasteiger partial charge in [-0.2, -0.15) is 0 Å². The van der Waals surface area contributed by atoms with Gasteiger partial charge in [0.2, 0.25) is 0 Å². The Balaban J connectivity index is 3.08. The number of carboxylic acid groups (broad SMARTS) is 1. The molecule has 1 aromatic rings. The average Bonchev–Trinajstić information content (AvgIpc) is 2.52. The van der Waals surface area contributed by atoms with E-state index in [9.17, 15) is 9.90 Å². The van der Waals surface area contributed by atoms with Crippen molar-refractivity contribution in [1.82, 2.24) is 0 Å². The fraction of sp³-hybridized carbons (Fsp3) is 0.611. The molecule has 3 N–H and O–H groups in total. The molecule has 23 heavy (non-hydrogen) atoms. The maximum atomic E-state index is 11.2. The molecule has 0 spiro atoms. The van der Waals surface area contributed by atoms with E-state index in [1.807, 2.05) is 32.0 Å². The molecule has 0 saturated carbocycles. The number of nitrogens with two attached hydrogens (primary N) is 1. The van der Waals surface area contributed by atoms with Crippen molar-refractivity contribution in [2.45, 2.75) is 40.0 Å². The molecule has 0 aromatic heterocycles. The van der Waals surface area contributed by atoms with Gasteiger partial charge in [0, 0.05) is 12.1 Å². The van der Waals surface area contributed by atoms with E-state index in [4.69, 9.17) is 15.2 Å². The lowest BCUT2D eigenvalue weighted by atomic mass is 9.82. The minimum absolute atomic E-state index is 0.104. The fourth-order valence-corrected chi connectivity index (χ4v) is 2.77. The molecule has 0 amide bonds. The molecule has 0 aliphatic rings. The highest BCUT2D eigenvalue weighted by Gasteiger charge is 2.27. The summed E-state index contributed by atoms with van der Waals surface area (Å²) in [5.41, 5.74) is 6.59. The molecule has 0 aliphatic heterocycles. The monoisotopic (exact) mass is 323 g/mol. The summed E-state index contributed by atoms with van der Waals surface area (Å²) in [5.74, 6) is 0.486. The number of aliphatic carboxylic acids is 1. The van der Waals surface area contributed by atoms with Crippen molar-refractivity contribution in [3.63, 3.8) is 0 Å². The largest absolute Gasteiger partial charge is 0.493 e. The van der Waals surface area contributed by atoms with Crippen molar-refractivity contribution in [1.29, 1.82) is 0 Å². The number of benzene rings is 1. The van der Waals surface area contributed by atoms with Crippen LogP contribution in [0.25, 0.3) is 0 Å². The first-order valence-corrected chi connectivity index (χ1v) is 8.27. The Kier molecular flexibility index (Phi) is 7.89. The highest BCUT2D eigenvalue weighted by Crippen LogP contribution is 2.40. The molecule has 0 bridgehead atoms. The van der Waals surface area contributed by atoms with Crippen LogP contribution in [0.2, 0.25) is 0 Å². The molecule has 1 rings (SSSR count). The third-order valence-corrected chi connectivity index (χ3v) is 4.22. The lowest BCUT2D eigenvalue weighted by Crippen LogP contribution is -2.26. The van der Waals surface area contributed by atoms with Gasteiger partial charge >= 0.3 is 5.97 Å². The van der Waals surface area contributed by atoms with E-state index in [1.165, 1.54) is 0 Å². The summed E-state index contributed by atoms with van der Waals surface area (Å²) in [6.45, 7) is 9.32. The van der Waals surface area contributed by atoms with Gasteiger partial charge in [-0.05, 0) is 44.2 Å². The third kappa shape index (κ3) is 5.13. The zero-order valence-corrected chi connectivity index (χ0v) is 14.5. The molecule has 3 unspecified atom stereocenters. The number of carbonyl (C=O) groups is 1. The van der Waals surface area contributed by atoms with E-state index in [-0.39, 0.29) is 18.4 Å². The smallest absolute Gasteiger partial charge is 0.307 e. The van der Waals surface area contributed by atoms with E-state index in [0.717, 1.165) is 17.1 Å². The van der Waals surface area contributed by atoms with Gasteiger partial charge in [-0.1, -0.05) is 19.9 Å². The molecule has 0 heterocycles. The van der Waals surface area contributed by atoms with Crippen LogP contribution in [-0.2, 0) is 4.79 Å². The first-order chi connectivity index (χ1) is 11.0. The molecule has 0 fully saturated rings. The number of carboxylic acids is 1. The Morgan fingerprint density at radius 1 is 1.17 bits per heavy atom. The highest BCUT2D eigenvalue weighted by molar-refractivity contribution is 5.70. The SMILES string of the molecule is CCOc1cccc(OCC)c1C(C)C(C)CC(CN)C(=O)O. The zero-order chi connectivity index (χ0) is 17.4. The first-order valence-electron chi connectivity index (χ1n) is 8.27. The van der Waals surface area contributed by atoms with Crippen molar-refractivity contribution in [2.75, 3.05) is 19.8 Å². The van der Waals surface area contributed by atoms with Gasteiger partial charge in [0.15, 0.2) is 0 Å². The van der Waals surface area contributed by atoms with Crippen LogP contribution in [0.3, 0.4) is 0 Å². The van der Waals surface area contributed by atoms with Crippen LogP contribution >= 0.6 is 0 Å². The summed E-state index contributed by atoms with van der Waals surface area (Å²) >= 11 is 0. The molecule has 0 aliphatic carbocycles. The summed E-state index contributed by atoms with van der Waals surface area (Å²) in [7, 11) is 0. The Bertz CT molecular complexity index is 480. The van der Waals surface area contributed by atoms with E-state index < -0.39 is 11.9 Å². The number of hydrogen-bond acceptors (Lipinski definition) is 4. The third-order valence-electron chi connectivity index (χ3n) is 4.22. The zero-order valence-electron chi connectivity index (χ0n) is 14.5. The normalized spacial score (nSPS) is 14.8. The molecule has 5 nitrogen and oxygen atoms in total. The van der Waals surface area contributed by atoms with Crippen LogP contribution in [0.4, 0.5) is 0 Å². The van der Waals surface area contributed by atoms with Crippen molar-refractivity contribution in [2.24, 2.45) is 17.6 Å². The van der Waals surface area contributed by atoms with Crippen LogP contribution in [0.1, 0.15) is 45.6 Å². The predicted octanol–water partition coefficient (Wildman–Crippen LogP) is 3.27. The lowest BCUT2D eigenvalue weighted by molar-refractivity contribution is -0.142. The minimum Gasteiger partial charge on any atom is -0.493 e. The molecular formula is C18H29NO4. The fourth-order valence-electron chi connectivity index (χ4n) is 2.77. The second kappa shape index (κ2) is 9.40. The van der Waals surface area contributed by atoms with Crippen molar-refractivity contribution in [3.05, 3.63) is 23.8 Å². The number of hydrogen-bond donors (Lipinski definition) is 2. The van der Waals surface area contributed by atoms with E-state index >= 15 is 0 Å². The summed E-state index contributed by atoms with van der Waals surface area (Å²) in [6, 6.07) is 5.78. The quantitative estimate of drug-likeness (QED) is 0.690. The second-order valence-electron chi connectivity index (χ2n) is 5.81. The number of ether oxygens (including phenoxy) is 2. The Morgan fingerprint density at radius 3 is 2.09 bits per heavy atom. The van der Waals surface area contributed by atoms with Crippen LogP contribution in [0, 0.1) is 11.8 Å². The van der Waals surface area contributed by atoms with Crippen molar-refractivity contribution in [3.8, 4) is 11.5 Å². The van der Waals surface area contributed by atoms with Gasteiger partial charge in [0.05, 0.1) is 19.1 Å². The molecule has 0 radical (unpaired) electrons. The van der Waals surface area contributed by atoms with Crippen LogP contribution in [-0.4, -0.2) is 30.8 Å². The van der Waals surface area contributed by atoms with Crippen LogP contribution in [0.5, 0.6) is 11.5 Å². The van der Waals surface area contributed by atoms with Crippen molar-refractivity contribution < 1.29 is 19.4 Å². The van der Waals surface area contributed by atoms with Crippen LogP contribution in [0.15, 0.2) is 18.2 Å². The maximum absolute atomic E-state index is 11.2. The molecule has 1 aromatic carbocycles. The van der Waals surface area contributed by atoms with Crippen molar-refractivity contribution >= 4 is 5.97 Å². The topological polar surface area (TPSA) is 81.8 Å². The maximum Gasteiger partial charge on any atom is 0.307 e. The first kappa shape index (κ1) is 19.3. The average molecular weight is 323 g/mol. The molecular weight excluding hydrogens is 294 g/mol. The molecule has 130 valence electrons. The minimum atomic E-state index is -0.838. The Labute approximate surface area is 138 Å². The van der Waals surface area contributed by atoms with Crippen LogP contribution < -0.4 is 15.2 Å². The van der Waals surface area contributed by atoms with E-state index in [0.29, 0.717) is 19.6 Å². The Hall–Kier alpha value is -1.75. The highest BCUT2D eigenvalue weighted by atomic mass is 16.5. The molecule has 0 saturated heterocycles. The Morgan fingerprint density at radius 2 is 1.70 bits per heavy atom. The number of rotatable bonds is 10. The van der Waals surface area contributed by atoms with Gasteiger partial charge in [0.25, 0.3) is 0 Å². The summed E-state index contributed by atoms with van der Waals surface area (Å²) in [4.78, 5) is 11.2. The summed E-state index contributed by atoms with van der Waals surface area (Å²) in [6.07, 6.45) is 0.527. The lowest BCUT2D eigenvalue weighted by Gasteiger charge is -2.26. The van der Waals surface area contributed by atoms with Gasteiger partial charge in [-0.3, -0.25) is 4.79 Å². The van der Waals surface area contributed by atoms with E-state index in [2.05, 4.69) is 13.8 Å². The standard InChI is InChI=1S/C18H29NO4/c1-5-22-15-8-7-9-16(23-6-2)17(15)13(4)12(3)10-14(11-19)18(20)21/h7-9,12-14H,5-6,10-11,19H2,1-4H3,(H,20,21). The summed E-state index contributed by atoms with van der Waals surface area (Å²) < 4.78 is 11.5.